The second kappa shape index (κ2) is 10.7. The predicted molar refractivity (Wildman–Crippen MR) is 203 cm³/mol. The van der Waals surface area contributed by atoms with Gasteiger partial charge in [0.15, 0.2) is 17.5 Å². The van der Waals surface area contributed by atoms with Crippen LogP contribution >= 0.6 is 0 Å². The van der Waals surface area contributed by atoms with Gasteiger partial charge in [-0.2, -0.15) is 0 Å². The zero-order chi connectivity index (χ0) is 33.5. The smallest absolute Gasteiger partial charge is 0.167 e. The maximum atomic E-state index is 6.54. The molecule has 11 rings (SSSR count). The number of rotatable bonds is 4. The number of hydrogen-bond acceptors (Lipinski definition) is 6. The van der Waals surface area contributed by atoms with Gasteiger partial charge in [-0.1, -0.05) is 97.1 Å². The highest BCUT2D eigenvalue weighted by Crippen LogP contribution is 2.38. The molecule has 4 heterocycles. The van der Waals surface area contributed by atoms with Crippen LogP contribution in [-0.2, 0) is 0 Å². The molecule has 0 saturated heterocycles. The van der Waals surface area contributed by atoms with Crippen LogP contribution in [0.2, 0.25) is 0 Å². The van der Waals surface area contributed by atoms with Crippen molar-refractivity contribution in [3.8, 4) is 45.3 Å². The van der Waals surface area contributed by atoms with Gasteiger partial charge in [0.1, 0.15) is 33.5 Å². The molecule has 11 aromatic rings. The van der Waals surface area contributed by atoms with Crippen LogP contribution in [0.1, 0.15) is 0 Å². The summed E-state index contributed by atoms with van der Waals surface area (Å²) < 4.78 is 19.0. The topological polar surface area (TPSA) is 78.1 Å². The normalized spacial score (nSPS) is 11.9. The summed E-state index contributed by atoms with van der Waals surface area (Å²) in [4.78, 5) is 15.0. The van der Waals surface area contributed by atoms with E-state index in [1.54, 1.807) is 0 Å². The van der Waals surface area contributed by atoms with E-state index in [2.05, 4.69) is 60.7 Å². The number of furan rings is 3. The second-order valence-electron chi connectivity index (χ2n) is 12.8. The Hall–Kier alpha value is -7.05. The lowest BCUT2D eigenvalue weighted by Gasteiger charge is -2.08. The van der Waals surface area contributed by atoms with Crippen LogP contribution in [0.5, 0.6) is 0 Å². The monoisotopic (exact) mass is 655 g/mol. The van der Waals surface area contributed by atoms with Crippen LogP contribution in [0.3, 0.4) is 0 Å². The Labute approximate surface area is 290 Å². The SMILES string of the molecule is c1ccc(-c2nc(-c3ccc4c(c3)oc3cc(-c5ccc6oc7ccccc7c6c5)ccc34)nc(-c3cccc4c3oc3ccccc34)n2)cc1. The Kier molecular flexibility index (Phi) is 5.86. The van der Waals surface area contributed by atoms with Gasteiger partial charge in [0.2, 0.25) is 0 Å². The molecule has 0 amide bonds. The Morgan fingerprint density at radius 2 is 0.824 bits per heavy atom. The van der Waals surface area contributed by atoms with Crippen LogP contribution in [0.15, 0.2) is 165 Å². The summed E-state index contributed by atoms with van der Waals surface area (Å²) in [5, 5.41) is 6.36. The molecule has 0 fully saturated rings. The van der Waals surface area contributed by atoms with Crippen molar-refractivity contribution in [1.29, 1.82) is 0 Å². The summed E-state index contributed by atoms with van der Waals surface area (Å²) in [6.07, 6.45) is 0. The fourth-order valence-electron chi connectivity index (χ4n) is 7.27. The lowest BCUT2D eigenvalue weighted by molar-refractivity contribution is 0.668. The molecule has 238 valence electrons. The molecule has 0 radical (unpaired) electrons. The minimum atomic E-state index is 0.542. The van der Waals surface area contributed by atoms with Crippen LogP contribution in [0.25, 0.3) is 111 Å². The number of fused-ring (bicyclic) bond motifs is 9. The van der Waals surface area contributed by atoms with E-state index in [1.165, 1.54) is 0 Å². The van der Waals surface area contributed by atoms with E-state index >= 15 is 0 Å². The quantitative estimate of drug-likeness (QED) is 0.188. The maximum absolute atomic E-state index is 6.54. The Bertz CT molecular complexity index is 3150. The highest BCUT2D eigenvalue weighted by Gasteiger charge is 2.19. The summed E-state index contributed by atoms with van der Waals surface area (Å²) >= 11 is 0. The molecule has 0 unspecified atom stereocenters. The molecule has 0 saturated carbocycles. The largest absolute Gasteiger partial charge is 0.456 e. The highest BCUT2D eigenvalue weighted by molar-refractivity contribution is 6.10. The number of para-hydroxylation sites is 3. The lowest BCUT2D eigenvalue weighted by atomic mass is 10.0. The summed E-state index contributed by atoms with van der Waals surface area (Å²) in [5.41, 5.74) is 9.63. The number of nitrogens with zero attached hydrogens (tertiary/aromatic N) is 3. The molecule has 0 atom stereocenters. The van der Waals surface area contributed by atoms with Gasteiger partial charge in [0.05, 0.1) is 5.56 Å². The minimum Gasteiger partial charge on any atom is -0.456 e. The zero-order valence-corrected chi connectivity index (χ0v) is 27.0. The molecule has 51 heavy (non-hydrogen) atoms. The summed E-state index contributed by atoms with van der Waals surface area (Å²) in [6.45, 7) is 0. The average molecular weight is 656 g/mol. The molecule has 0 aliphatic heterocycles. The molecule has 0 aliphatic carbocycles. The van der Waals surface area contributed by atoms with E-state index in [-0.39, 0.29) is 0 Å². The van der Waals surface area contributed by atoms with E-state index in [4.69, 9.17) is 28.2 Å². The standard InChI is InChI=1S/C45H25N3O3/c1-2-9-26(10-3-1)43-46-44(48-45(47-43)35-14-8-13-34-30-11-4-7-16-38(30)51-42(34)35)29-18-21-33-32-20-17-28(24-40(32)50-41(33)25-29)27-19-22-39-36(23-27)31-12-5-6-15-37(31)49-39/h1-25H. The number of aromatic nitrogens is 3. The van der Waals surface area contributed by atoms with Gasteiger partial charge in [-0.25, -0.2) is 15.0 Å². The lowest BCUT2D eigenvalue weighted by Crippen LogP contribution is -2.00. The van der Waals surface area contributed by atoms with E-state index in [0.29, 0.717) is 17.5 Å². The third kappa shape index (κ3) is 4.40. The van der Waals surface area contributed by atoms with E-state index in [0.717, 1.165) is 93.6 Å². The number of benzene rings is 7. The van der Waals surface area contributed by atoms with Crippen LogP contribution in [0.4, 0.5) is 0 Å². The first-order valence-electron chi connectivity index (χ1n) is 16.8. The van der Waals surface area contributed by atoms with Gasteiger partial charge in [-0.05, 0) is 65.7 Å². The molecule has 4 aromatic heterocycles. The van der Waals surface area contributed by atoms with Crippen molar-refractivity contribution in [2.75, 3.05) is 0 Å². The Morgan fingerprint density at radius 3 is 1.63 bits per heavy atom. The van der Waals surface area contributed by atoms with Crippen LogP contribution < -0.4 is 0 Å². The van der Waals surface area contributed by atoms with Gasteiger partial charge in [0, 0.05) is 43.4 Å². The molecular formula is C45H25N3O3. The van der Waals surface area contributed by atoms with E-state index in [1.807, 2.05) is 91.0 Å². The van der Waals surface area contributed by atoms with E-state index < -0.39 is 0 Å². The summed E-state index contributed by atoms with van der Waals surface area (Å²) in [5.74, 6) is 1.68. The van der Waals surface area contributed by atoms with Crippen molar-refractivity contribution in [2.24, 2.45) is 0 Å². The third-order valence-electron chi connectivity index (χ3n) is 9.75. The van der Waals surface area contributed by atoms with Gasteiger partial charge in [0.25, 0.3) is 0 Å². The first kappa shape index (κ1) is 27.9. The van der Waals surface area contributed by atoms with Crippen LogP contribution in [-0.4, -0.2) is 15.0 Å². The van der Waals surface area contributed by atoms with Gasteiger partial charge in [-0.3, -0.25) is 0 Å². The molecule has 6 heteroatoms. The molecule has 0 N–H and O–H groups in total. The third-order valence-corrected chi connectivity index (χ3v) is 9.75. The van der Waals surface area contributed by atoms with Crippen molar-refractivity contribution in [2.45, 2.75) is 0 Å². The summed E-state index contributed by atoms with van der Waals surface area (Å²) in [7, 11) is 0. The predicted octanol–water partition coefficient (Wildman–Crippen LogP) is 12.2. The fourth-order valence-corrected chi connectivity index (χ4v) is 7.27. The van der Waals surface area contributed by atoms with Gasteiger partial charge < -0.3 is 13.3 Å². The first-order valence-corrected chi connectivity index (χ1v) is 16.8. The average Bonchev–Trinajstić information content (AvgIpc) is 3.88. The molecule has 0 bridgehead atoms. The van der Waals surface area contributed by atoms with Crippen molar-refractivity contribution >= 4 is 65.8 Å². The van der Waals surface area contributed by atoms with Gasteiger partial charge >= 0.3 is 0 Å². The van der Waals surface area contributed by atoms with Crippen molar-refractivity contribution in [1.82, 2.24) is 15.0 Å². The molecular weight excluding hydrogens is 631 g/mol. The van der Waals surface area contributed by atoms with E-state index in [9.17, 15) is 0 Å². The molecule has 0 aliphatic rings. The Morgan fingerprint density at radius 1 is 0.294 bits per heavy atom. The fraction of sp³-hybridized carbons (Fsp3) is 0. The van der Waals surface area contributed by atoms with Crippen LogP contribution in [0, 0.1) is 0 Å². The molecule has 6 nitrogen and oxygen atoms in total. The summed E-state index contributed by atoms with van der Waals surface area (Å²) in [6, 6.07) is 51.2. The van der Waals surface area contributed by atoms with Crippen molar-refractivity contribution < 1.29 is 13.3 Å². The highest BCUT2D eigenvalue weighted by atomic mass is 16.3. The molecule has 0 spiro atoms. The maximum Gasteiger partial charge on any atom is 0.167 e. The number of hydrogen-bond donors (Lipinski definition) is 0. The second-order valence-corrected chi connectivity index (χ2v) is 12.8. The van der Waals surface area contributed by atoms with Crippen molar-refractivity contribution in [3.63, 3.8) is 0 Å². The minimum absolute atomic E-state index is 0.542. The Balaban J connectivity index is 1.04. The van der Waals surface area contributed by atoms with Crippen molar-refractivity contribution in [3.05, 3.63) is 152 Å². The zero-order valence-electron chi connectivity index (χ0n) is 27.0. The first-order chi connectivity index (χ1) is 25.2. The van der Waals surface area contributed by atoms with Gasteiger partial charge in [-0.15, -0.1) is 0 Å². The molecule has 7 aromatic carbocycles.